The lowest BCUT2D eigenvalue weighted by molar-refractivity contribution is 0.129. The third kappa shape index (κ3) is 4.25. The fraction of sp³-hybridized carbons (Fsp3) is 0.500. The summed E-state index contributed by atoms with van der Waals surface area (Å²) in [5.41, 5.74) is 0.535. The first kappa shape index (κ1) is 13.9. The molecule has 2 nitrogen and oxygen atoms in total. The van der Waals surface area contributed by atoms with E-state index in [9.17, 15) is 4.39 Å². The first-order valence-corrected chi connectivity index (χ1v) is 6.74. The Morgan fingerprint density at radius 3 is 2.95 bits per heavy atom. The summed E-state index contributed by atoms with van der Waals surface area (Å²) in [6, 6.07) is 4.47. The topological polar surface area (TPSA) is 29.5 Å². The van der Waals surface area contributed by atoms with Crippen molar-refractivity contribution in [1.82, 2.24) is 0 Å². The SMILES string of the molecule is CC1CCCC(Oc2cc(F)cc(C#CCO)c2)C1. The van der Waals surface area contributed by atoms with E-state index in [2.05, 4.69) is 18.8 Å². The third-order valence-electron chi connectivity index (χ3n) is 3.37. The van der Waals surface area contributed by atoms with Gasteiger partial charge in [-0.25, -0.2) is 4.39 Å². The second-order valence-corrected chi connectivity index (χ2v) is 5.15. The summed E-state index contributed by atoms with van der Waals surface area (Å²) in [4.78, 5) is 0. The molecule has 0 aliphatic heterocycles. The molecule has 3 heteroatoms. The van der Waals surface area contributed by atoms with Crippen LogP contribution < -0.4 is 4.74 Å². The van der Waals surface area contributed by atoms with Gasteiger partial charge < -0.3 is 9.84 Å². The fourth-order valence-electron chi connectivity index (χ4n) is 2.52. The molecule has 2 atom stereocenters. The lowest BCUT2D eigenvalue weighted by Gasteiger charge is -2.27. The van der Waals surface area contributed by atoms with Crippen molar-refractivity contribution in [1.29, 1.82) is 0 Å². The Morgan fingerprint density at radius 2 is 2.21 bits per heavy atom. The second-order valence-electron chi connectivity index (χ2n) is 5.15. The first-order chi connectivity index (χ1) is 9.17. The van der Waals surface area contributed by atoms with Crippen LogP contribution in [0.4, 0.5) is 4.39 Å². The van der Waals surface area contributed by atoms with Gasteiger partial charge in [0, 0.05) is 11.6 Å². The standard InChI is InChI=1S/C16H19FO2/c1-12-4-2-6-15(8-12)19-16-10-13(5-3-7-18)9-14(17)11-16/h9-12,15,18H,2,4,6-8H2,1H3. The summed E-state index contributed by atoms with van der Waals surface area (Å²) in [5, 5.41) is 8.66. The van der Waals surface area contributed by atoms with Crippen molar-refractivity contribution in [2.75, 3.05) is 6.61 Å². The van der Waals surface area contributed by atoms with Crippen molar-refractivity contribution < 1.29 is 14.2 Å². The molecule has 102 valence electrons. The molecule has 0 bridgehead atoms. The van der Waals surface area contributed by atoms with Crippen LogP contribution in [-0.2, 0) is 0 Å². The molecule has 0 spiro atoms. The van der Waals surface area contributed by atoms with E-state index in [0.29, 0.717) is 17.2 Å². The van der Waals surface area contributed by atoms with Gasteiger partial charge in [0.25, 0.3) is 0 Å². The molecule has 1 fully saturated rings. The lowest BCUT2D eigenvalue weighted by atomic mass is 9.89. The van der Waals surface area contributed by atoms with Gasteiger partial charge in [0.1, 0.15) is 18.2 Å². The van der Waals surface area contributed by atoms with Crippen molar-refractivity contribution in [2.24, 2.45) is 5.92 Å². The van der Waals surface area contributed by atoms with Crippen LogP contribution in [0.1, 0.15) is 38.2 Å². The Bertz CT molecular complexity index is 487. The van der Waals surface area contributed by atoms with Crippen molar-refractivity contribution in [3.8, 4) is 17.6 Å². The maximum atomic E-state index is 13.5. The smallest absolute Gasteiger partial charge is 0.128 e. The molecule has 0 saturated heterocycles. The number of hydrogen-bond acceptors (Lipinski definition) is 2. The molecule has 1 N–H and O–H groups in total. The zero-order valence-electron chi connectivity index (χ0n) is 11.2. The van der Waals surface area contributed by atoms with E-state index in [1.165, 1.54) is 25.0 Å². The van der Waals surface area contributed by atoms with Crippen LogP contribution >= 0.6 is 0 Å². The maximum absolute atomic E-state index is 13.5. The summed E-state index contributed by atoms with van der Waals surface area (Å²) >= 11 is 0. The van der Waals surface area contributed by atoms with Gasteiger partial charge in [-0.05, 0) is 37.3 Å². The molecule has 1 aliphatic carbocycles. The van der Waals surface area contributed by atoms with Gasteiger partial charge in [0.2, 0.25) is 0 Å². The number of aliphatic hydroxyl groups is 1. The zero-order valence-corrected chi connectivity index (χ0v) is 11.2. The molecular formula is C16H19FO2. The minimum atomic E-state index is -0.358. The molecule has 0 heterocycles. The molecule has 0 radical (unpaired) electrons. The quantitative estimate of drug-likeness (QED) is 0.830. The summed E-state index contributed by atoms with van der Waals surface area (Å²) in [6.45, 7) is 1.99. The van der Waals surface area contributed by atoms with E-state index in [-0.39, 0.29) is 18.5 Å². The maximum Gasteiger partial charge on any atom is 0.128 e. The van der Waals surface area contributed by atoms with Gasteiger partial charge >= 0.3 is 0 Å². The van der Waals surface area contributed by atoms with Crippen LogP contribution in [0.25, 0.3) is 0 Å². The molecule has 1 aliphatic rings. The van der Waals surface area contributed by atoms with E-state index in [1.807, 2.05) is 0 Å². The van der Waals surface area contributed by atoms with Gasteiger partial charge in [-0.15, -0.1) is 0 Å². The number of benzene rings is 1. The van der Waals surface area contributed by atoms with Crippen molar-refractivity contribution in [3.63, 3.8) is 0 Å². The van der Waals surface area contributed by atoms with E-state index in [0.717, 1.165) is 12.8 Å². The Balaban J connectivity index is 2.09. The largest absolute Gasteiger partial charge is 0.490 e. The fourth-order valence-corrected chi connectivity index (χ4v) is 2.52. The highest BCUT2D eigenvalue weighted by Crippen LogP contribution is 2.28. The molecule has 1 saturated carbocycles. The molecule has 0 aromatic heterocycles. The molecule has 1 aromatic rings. The molecule has 2 unspecified atom stereocenters. The average Bonchev–Trinajstić information content (AvgIpc) is 2.35. The summed E-state index contributed by atoms with van der Waals surface area (Å²) in [6.07, 6.45) is 4.63. The third-order valence-corrected chi connectivity index (χ3v) is 3.37. The number of ether oxygens (including phenoxy) is 1. The molecular weight excluding hydrogens is 243 g/mol. The summed E-state index contributed by atoms with van der Waals surface area (Å²) < 4.78 is 19.3. The molecule has 1 aromatic carbocycles. The second kappa shape index (κ2) is 6.58. The molecule has 0 amide bonds. The predicted octanol–water partition coefficient (Wildman–Crippen LogP) is 3.13. The van der Waals surface area contributed by atoms with E-state index < -0.39 is 0 Å². The van der Waals surface area contributed by atoms with E-state index in [4.69, 9.17) is 9.84 Å². The Labute approximate surface area is 113 Å². The minimum Gasteiger partial charge on any atom is -0.490 e. The van der Waals surface area contributed by atoms with Crippen LogP contribution in [0.5, 0.6) is 5.75 Å². The number of hydrogen-bond donors (Lipinski definition) is 1. The van der Waals surface area contributed by atoms with Crippen LogP contribution in [0.2, 0.25) is 0 Å². The van der Waals surface area contributed by atoms with Crippen molar-refractivity contribution in [3.05, 3.63) is 29.6 Å². The van der Waals surface area contributed by atoms with Crippen LogP contribution in [0.15, 0.2) is 18.2 Å². The van der Waals surface area contributed by atoms with Gasteiger partial charge in [-0.3, -0.25) is 0 Å². The highest BCUT2D eigenvalue weighted by molar-refractivity contribution is 5.40. The number of rotatable bonds is 2. The molecule has 19 heavy (non-hydrogen) atoms. The first-order valence-electron chi connectivity index (χ1n) is 6.74. The average molecular weight is 262 g/mol. The minimum absolute atomic E-state index is 0.171. The zero-order chi connectivity index (χ0) is 13.7. The van der Waals surface area contributed by atoms with Gasteiger partial charge in [-0.1, -0.05) is 25.2 Å². The Morgan fingerprint density at radius 1 is 1.37 bits per heavy atom. The molecule has 2 rings (SSSR count). The lowest BCUT2D eigenvalue weighted by Crippen LogP contribution is -2.24. The normalized spacial score (nSPS) is 22.5. The summed E-state index contributed by atoms with van der Waals surface area (Å²) in [5.74, 6) is 6.05. The van der Waals surface area contributed by atoms with Crippen molar-refractivity contribution >= 4 is 0 Å². The highest BCUT2D eigenvalue weighted by atomic mass is 19.1. The highest BCUT2D eigenvalue weighted by Gasteiger charge is 2.20. The van der Waals surface area contributed by atoms with Crippen LogP contribution in [0.3, 0.4) is 0 Å². The van der Waals surface area contributed by atoms with E-state index >= 15 is 0 Å². The Kier molecular flexibility index (Phi) is 4.81. The monoisotopic (exact) mass is 262 g/mol. The van der Waals surface area contributed by atoms with Crippen LogP contribution in [-0.4, -0.2) is 17.8 Å². The van der Waals surface area contributed by atoms with Crippen molar-refractivity contribution in [2.45, 2.75) is 38.7 Å². The predicted molar refractivity (Wildman–Crippen MR) is 72.4 cm³/mol. The van der Waals surface area contributed by atoms with Crippen LogP contribution in [0, 0.1) is 23.6 Å². The summed E-state index contributed by atoms with van der Waals surface area (Å²) in [7, 11) is 0. The van der Waals surface area contributed by atoms with E-state index in [1.54, 1.807) is 6.07 Å². The van der Waals surface area contributed by atoms with Gasteiger partial charge in [0.05, 0.1) is 6.10 Å². The number of aliphatic hydroxyl groups excluding tert-OH is 1. The Hall–Kier alpha value is -1.53. The van der Waals surface area contributed by atoms with Gasteiger partial charge in [0.15, 0.2) is 0 Å². The van der Waals surface area contributed by atoms with Gasteiger partial charge in [-0.2, -0.15) is 0 Å². The number of halogens is 1.